The van der Waals surface area contributed by atoms with Crippen molar-refractivity contribution in [3.63, 3.8) is 0 Å². The largest absolute Gasteiger partial charge is 0.496 e. The molecule has 0 aliphatic carbocycles. The average molecular weight is 273 g/mol. The van der Waals surface area contributed by atoms with E-state index in [2.05, 4.69) is 10.4 Å². The van der Waals surface area contributed by atoms with Crippen molar-refractivity contribution in [2.75, 3.05) is 12.4 Å². The number of carbonyl (C=O) groups is 1. The Hall–Kier alpha value is -2.30. The summed E-state index contributed by atoms with van der Waals surface area (Å²) in [6.07, 6.45) is 0.328. The van der Waals surface area contributed by atoms with Crippen LogP contribution in [-0.2, 0) is 18.3 Å². The molecule has 1 aromatic carbocycles. The highest BCUT2D eigenvalue weighted by Gasteiger charge is 2.09. The van der Waals surface area contributed by atoms with Gasteiger partial charge < -0.3 is 10.1 Å². The quantitative estimate of drug-likeness (QED) is 0.929. The zero-order valence-corrected chi connectivity index (χ0v) is 12.2. The molecule has 0 saturated carbocycles. The summed E-state index contributed by atoms with van der Waals surface area (Å²) in [5.41, 5.74) is 2.86. The molecule has 0 aliphatic heterocycles. The number of rotatable bonds is 4. The maximum Gasteiger partial charge on any atom is 0.229 e. The topological polar surface area (TPSA) is 56.1 Å². The van der Waals surface area contributed by atoms with E-state index in [1.807, 2.05) is 38.1 Å². The van der Waals surface area contributed by atoms with Gasteiger partial charge in [0.25, 0.3) is 0 Å². The molecule has 0 atom stereocenters. The lowest BCUT2D eigenvalue weighted by Gasteiger charge is -2.08. The number of nitrogens with zero attached hydrogens (tertiary/aromatic N) is 2. The van der Waals surface area contributed by atoms with Crippen molar-refractivity contribution >= 4 is 11.7 Å². The number of aromatic nitrogens is 2. The molecule has 2 rings (SSSR count). The summed E-state index contributed by atoms with van der Waals surface area (Å²) in [5, 5.41) is 7.05. The first-order chi connectivity index (χ1) is 9.49. The van der Waals surface area contributed by atoms with Gasteiger partial charge in [-0.15, -0.1) is 0 Å². The molecule has 20 heavy (non-hydrogen) atoms. The summed E-state index contributed by atoms with van der Waals surface area (Å²) in [5.74, 6) is 1.48. The molecule has 0 bridgehead atoms. The van der Waals surface area contributed by atoms with Gasteiger partial charge in [0, 0.05) is 13.1 Å². The molecule has 1 N–H and O–H groups in total. The Labute approximate surface area is 118 Å². The molecule has 0 aliphatic rings. The molecule has 1 aromatic heterocycles. The molecule has 0 saturated heterocycles. The lowest BCUT2D eigenvalue weighted by Crippen LogP contribution is -2.16. The monoisotopic (exact) mass is 273 g/mol. The fourth-order valence-electron chi connectivity index (χ4n) is 2.15. The SMILES string of the molecule is COc1ccc(CC(=O)Nc2cc(C)nn2C)cc1C. The Balaban J connectivity index is 2.04. The third-order valence-electron chi connectivity index (χ3n) is 3.09. The maximum absolute atomic E-state index is 12.0. The van der Waals surface area contributed by atoms with Gasteiger partial charge >= 0.3 is 0 Å². The predicted molar refractivity (Wildman–Crippen MR) is 78.0 cm³/mol. The molecule has 0 spiro atoms. The molecule has 0 radical (unpaired) electrons. The minimum atomic E-state index is -0.0578. The van der Waals surface area contributed by atoms with Gasteiger partial charge in [0.15, 0.2) is 0 Å². The number of hydrogen-bond acceptors (Lipinski definition) is 3. The van der Waals surface area contributed by atoms with Crippen LogP contribution in [0.2, 0.25) is 0 Å². The number of methoxy groups -OCH3 is 1. The molecule has 106 valence electrons. The molecule has 5 nitrogen and oxygen atoms in total. The number of ether oxygens (including phenoxy) is 1. The number of anilines is 1. The number of aryl methyl sites for hydroxylation is 3. The van der Waals surface area contributed by atoms with E-state index < -0.39 is 0 Å². The average Bonchev–Trinajstić information content (AvgIpc) is 2.68. The van der Waals surface area contributed by atoms with Crippen molar-refractivity contribution in [2.45, 2.75) is 20.3 Å². The third kappa shape index (κ3) is 3.17. The van der Waals surface area contributed by atoms with E-state index in [0.717, 1.165) is 22.6 Å². The Kier molecular flexibility index (Phi) is 4.08. The maximum atomic E-state index is 12.0. The number of hydrogen-bond donors (Lipinski definition) is 1. The van der Waals surface area contributed by atoms with Crippen molar-refractivity contribution in [1.82, 2.24) is 9.78 Å². The number of benzene rings is 1. The van der Waals surface area contributed by atoms with Gasteiger partial charge in [0.05, 0.1) is 19.2 Å². The van der Waals surface area contributed by atoms with E-state index in [4.69, 9.17) is 4.74 Å². The van der Waals surface area contributed by atoms with Gasteiger partial charge in [-0.05, 0) is 31.0 Å². The smallest absolute Gasteiger partial charge is 0.229 e. The normalized spacial score (nSPS) is 10.4. The Bertz CT molecular complexity index is 632. The van der Waals surface area contributed by atoms with Crippen LogP contribution in [0.1, 0.15) is 16.8 Å². The Morgan fingerprint density at radius 2 is 2.10 bits per heavy atom. The third-order valence-corrected chi connectivity index (χ3v) is 3.09. The van der Waals surface area contributed by atoms with Crippen LogP contribution in [0, 0.1) is 13.8 Å². The summed E-state index contributed by atoms with van der Waals surface area (Å²) in [6, 6.07) is 7.59. The second-order valence-corrected chi connectivity index (χ2v) is 4.82. The molecular weight excluding hydrogens is 254 g/mol. The first kappa shape index (κ1) is 14.1. The molecular formula is C15H19N3O2. The summed E-state index contributed by atoms with van der Waals surface area (Å²) in [7, 11) is 3.44. The van der Waals surface area contributed by atoms with Crippen LogP contribution in [0.3, 0.4) is 0 Å². The van der Waals surface area contributed by atoms with Crippen LogP contribution in [0.4, 0.5) is 5.82 Å². The number of carbonyl (C=O) groups excluding carboxylic acids is 1. The van der Waals surface area contributed by atoms with Gasteiger partial charge in [-0.2, -0.15) is 5.10 Å². The Morgan fingerprint density at radius 1 is 1.35 bits per heavy atom. The van der Waals surface area contributed by atoms with Gasteiger partial charge in [0.2, 0.25) is 5.91 Å². The van der Waals surface area contributed by atoms with E-state index in [1.165, 1.54) is 0 Å². The molecule has 5 heteroatoms. The fraction of sp³-hybridized carbons (Fsp3) is 0.333. The number of nitrogens with one attached hydrogen (secondary N) is 1. The van der Waals surface area contributed by atoms with Crippen LogP contribution in [0.5, 0.6) is 5.75 Å². The van der Waals surface area contributed by atoms with E-state index in [1.54, 1.807) is 18.8 Å². The molecule has 2 aromatic rings. The lowest BCUT2D eigenvalue weighted by atomic mass is 10.1. The molecule has 0 unspecified atom stereocenters. The van der Waals surface area contributed by atoms with Gasteiger partial charge in [-0.1, -0.05) is 12.1 Å². The van der Waals surface area contributed by atoms with Crippen molar-refractivity contribution < 1.29 is 9.53 Å². The van der Waals surface area contributed by atoms with Crippen LogP contribution in [-0.4, -0.2) is 22.8 Å². The van der Waals surface area contributed by atoms with Crippen molar-refractivity contribution in [2.24, 2.45) is 7.05 Å². The number of amides is 1. The van der Waals surface area contributed by atoms with Crippen LogP contribution >= 0.6 is 0 Å². The van der Waals surface area contributed by atoms with Crippen molar-refractivity contribution in [3.05, 3.63) is 41.1 Å². The summed E-state index contributed by atoms with van der Waals surface area (Å²) in [4.78, 5) is 12.0. The minimum absolute atomic E-state index is 0.0578. The molecule has 1 heterocycles. The predicted octanol–water partition coefficient (Wildman–Crippen LogP) is 2.23. The zero-order chi connectivity index (χ0) is 14.7. The molecule has 1 amide bonds. The second-order valence-electron chi connectivity index (χ2n) is 4.82. The summed E-state index contributed by atoms with van der Waals surface area (Å²) < 4.78 is 6.87. The van der Waals surface area contributed by atoms with E-state index >= 15 is 0 Å². The molecule has 0 fully saturated rings. The van der Waals surface area contributed by atoms with E-state index in [0.29, 0.717) is 12.2 Å². The first-order valence-corrected chi connectivity index (χ1v) is 6.43. The highest BCUT2D eigenvalue weighted by molar-refractivity contribution is 5.91. The van der Waals surface area contributed by atoms with E-state index in [9.17, 15) is 4.79 Å². The zero-order valence-electron chi connectivity index (χ0n) is 12.2. The van der Waals surface area contributed by atoms with Crippen molar-refractivity contribution in [3.8, 4) is 5.75 Å². The fourth-order valence-corrected chi connectivity index (χ4v) is 2.15. The lowest BCUT2D eigenvalue weighted by molar-refractivity contribution is -0.115. The van der Waals surface area contributed by atoms with Crippen LogP contribution in [0.15, 0.2) is 24.3 Å². The second kappa shape index (κ2) is 5.77. The summed E-state index contributed by atoms with van der Waals surface area (Å²) in [6.45, 7) is 3.85. The first-order valence-electron chi connectivity index (χ1n) is 6.43. The van der Waals surface area contributed by atoms with Crippen LogP contribution in [0.25, 0.3) is 0 Å². The standard InChI is InChI=1S/C15H19N3O2/c1-10-7-12(5-6-13(10)20-4)9-15(19)16-14-8-11(2)17-18(14)3/h5-8H,9H2,1-4H3,(H,16,19). The van der Waals surface area contributed by atoms with E-state index in [-0.39, 0.29) is 5.91 Å². The van der Waals surface area contributed by atoms with Gasteiger partial charge in [-0.25, -0.2) is 0 Å². The van der Waals surface area contributed by atoms with Crippen LogP contribution < -0.4 is 10.1 Å². The van der Waals surface area contributed by atoms with Gasteiger partial charge in [0.1, 0.15) is 11.6 Å². The van der Waals surface area contributed by atoms with Gasteiger partial charge in [-0.3, -0.25) is 9.48 Å². The Morgan fingerprint density at radius 3 is 2.65 bits per heavy atom. The highest BCUT2D eigenvalue weighted by atomic mass is 16.5. The summed E-state index contributed by atoms with van der Waals surface area (Å²) >= 11 is 0. The highest BCUT2D eigenvalue weighted by Crippen LogP contribution is 2.19. The van der Waals surface area contributed by atoms with Crippen molar-refractivity contribution in [1.29, 1.82) is 0 Å². The minimum Gasteiger partial charge on any atom is -0.496 e.